The molecular formula is C73H128O16P2. The van der Waals surface area contributed by atoms with Gasteiger partial charge in [0.25, 0.3) is 0 Å². The minimum atomic E-state index is -4.92. The van der Waals surface area contributed by atoms with Crippen molar-refractivity contribution in [3.8, 4) is 0 Å². The summed E-state index contributed by atoms with van der Waals surface area (Å²) in [6, 6.07) is 0. The number of hydrogen-bond acceptors (Lipinski definition) is 14. The van der Waals surface area contributed by atoms with E-state index in [4.69, 9.17) is 32.3 Å². The van der Waals surface area contributed by atoms with Gasteiger partial charge in [-0.3, -0.25) is 32.5 Å². The topological polar surface area (TPSA) is 231 Å². The summed E-state index contributed by atoms with van der Waals surface area (Å²) < 4.78 is 60.9. The van der Waals surface area contributed by atoms with E-state index >= 15 is 0 Å². The monoisotopic (exact) mass is 1320 g/mol. The van der Waals surface area contributed by atoms with Gasteiger partial charge in [0, 0.05) is 19.3 Å². The third-order valence-corrected chi connectivity index (χ3v) is 16.7. The Balaban J connectivity index is 4.50. The molecule has 0 aromatic rings. The molecule has 4 N–H and O–H groups in total. The highest BCUT2D eigenvalue weighted by atomic mass is 31.2. The predicted octanol–water partition coefficient (Wildman–Crippen LogP) is 19.9. The van der Waals surface area contributed by atoms with E-state index in [9.17, 15) is 43.5 Å². The second-order valence-corrected chi connectivity index (χ2v) is 26.6. The SMILES string of the molecule is CC/C=C\C/C=C\C/C=C\C/C=C\C/C=C\C/C=C\CCCCCCCCCCC(=O)OCC(O)COP(=O)(O)OCC(O)COP(=O)(O)OCC(COC(=O)CCCCCCCCCCCCCCCCC)OC(=O)CCCCCCC/C=C\C/C=C\CCC. The van der Waals surface area contributed by atoms with Gasteiger partial charge < -0.3 is 34.2 Å². The van der Waals surface area contributed by atoms with Crippen LogP contribution >= 0.6 is 15.6 Å². The summed E-state index contributed by atoms with van der Waals surface area (Å²) >= 11 is 0. The molecule has 0 amide bonds. The van der Waals surface area contributed by atoms with Gasteiger partial charge in [0.15, 0.2) is 6.10 Å². The van der Waals surface area contributed by atoms with Gasteiger partial charge in [-0.05, 0) is 96.3 Å². The van der Waals surface area contributed by atoms with Crippen LogP contribution in [0.3, 0.4) is 0 Å². The molecule has 0 saturated heterocycles. The summed E-state index contributed by atoms with van der Waals surface area (Å²) in [4.78, 5) is 58.4. The lowest BCUT2D eigenvalue weighted by molar-refractivity contribution is -0.161. The molecule has 91 heavy (non-hydrogen) atoms. The van der Waals surface area contributed by atoms with Crippen molar-refractivity contribution in [2.24, 2.45) is 0 Å². The first-order chi connectivity index (χ1) is 44.2. The number of aliphatic hydroxyl groups is 2. The molecule has 0 rings (SSSR count). The first-order valence-electron chi connectivity index (χ1n) is 35.5. The molecule has 5 atom stereocenters. The van der Waals surface area contributed by atoms with Gasteiger partial charge in [0.1, 0.15) is 25.4 Å². The van der Waals surface area contributed by atoms with Gasteiger partial charge >= 0.3 is 33.6 Å². The Labute approximate surface area is 552 Å². The van der Waals surface area contributed by atoms with Crippen molar-refractivity contribution in [1.82, 2.24) is 0 Å². The summed E-state index contributed by atoms with van der Waals surface area (Å²) in [5, 5.41) is 20.6. The number of allylic oxidation sites excluding steroid dienone is 16. The largest absolute Gasteiger partial charge is 0.472 e. The van der Waals surface area contributed by atoms with Crippen LogP contribution in [0.4, 0.5) is 0 Å². The van der Waals surface area contributed by atoms with Crippen molar-refractivity contribution < 1.29 is 75.8 Å². The summed E-state index contributed by atoms with van der Waals surface area (Å²) in [6.07, 6.45) is 73.2. The average Bonchev–Trinajstić information content (AvgIpc) is 3.70. The summed E-state index contributed by atoms with van der Waals surface area (Å²) in [6.45, 7) is 2.48. The molecule has 0 aliphatic carbocycles. The van der Waals surface area contributed by atoms with Crippen LogP contribution in [0.25, 0.3) is 0 Å². The minimum Gasteiger partial charge on any atom is -0.463 e. The smallest absolute Gasteiger partial charge is 0.463 e. The number of phosphoric acid groups is 2. The number of esters is 3. The number of carbonyl (C=O) groups excluding carboxylic acids is 3. The Bertz CT molecular complexity index is 2050. The lowest BCUT2D eigenvalue weighted by Gasteiger charge is -2.21. The average molecular weight is 1320 g/mol. The van der Waals surface area contributed by atoms with Gasteiger partial charge in [-0.1, -0.05) is 272 Å². The summed E-state index contributed by atoms with van der Waals surface area (Å²) in [7, 11) is -9.78. The maximum atomic E-state index is 12.9. The number of unbranched alkanes of at least 4 members (excludes halogenated alkanes) is 28. The molecule has 0 saturated carbocycles. The molecule has 5 unspecified atom stereocenters. The summed E-state index contributed by atoms with van der Waals surface area (Å²) in [5.41, 5.74) is 0. The molecule has 0 aromatic carbocycles. The van der Waals surface area contributed by atoms with Crippen LogP contribution < -0.4 is 0 Å². The molecule has 0 radical (unpaired) electrons. The first kappa shape index (κ1) is 87.5. The molecule has 0 spiro atoms. The van der Waals surface area contributed by atoms with E-state index in [0.717, 1.165) is 141 Å². The van der Waals surface area contributed by atoms with E-state index in [2.05, 4.69) is 118 Å². The predicted molar refractivity (Wildman–Crippen MR) is 371 cm³/mol. The van der Waals surface area contributed by atoms with Crippen molar-refractivity contribution in [3.63, 3.8) is 0 Å². The van der Waals surface area contributed by atoms with Crippen LogP contribution in [0.2, 0.25) is 0 Å². The van der Waals surface area contributed by atoms with Crippen molar-refractivity contribution in [3.05, 3.63) is 97.2 Å². The van der Waals surface area contributed by atoms with Crippen LogP contribution in [0.5, 0.6) is 0 Å². The van der Waals surface area contributed by atoms with Crippen LogP contribution in [0.15, 0.2) is 97.2 Å². The molecule has 0 aliphatic heterocycles. The third kappa shape index (κ3) is 67.7. The van der Waals surface area contributed by atoms with Crippen LogP contribution in [-0.2, 0) is 55.8 Å². The Morgan fingerprint density at radius 1 is 0.319 bits per heavy atom. The Morgan fingerprint density at radius 3 is 0.967 bits per heavy atom. The zero-order valence-electron chi connectivity index (χ0n) is 57.0. The Hall–Kier alpha value is -3.53. The molecule has 0 bridgehead atoms. The normalized spacial score (nSPS) is 14.8. The van der Waals surface area contributed by atoms with Gasteiger partial charge in [-0.15, -0.1) is 0 Å². The Morgan fingerprint density at radius 2 is 0.604 bits per heavy atom. The number of aliphatic hydroxyl groups excluding tert-OH is 2. The number of ether oxygens (including phenoxy) is 3. The maximum absolute atomic E-state index is 12.9. The van der Waals surface area contributed by atoms with Gasteiger partial charge in [0.05, 0.1) is 26.4 Å². The first-order valence-corrected chi connectivity index (χ1v) is 38.5. The third-order valence-electron chi connectivity index (χ3n) is 14.8. The second-order valence-electron chi connectivity index (χ2n) is 23.7. The van der Waals surface area contributed by atoms with E-state index in [1.54, 1.807) is 0 Å². The second kappa shape index (κ2) is 66.5. The van der Waals surface area contributed by atoms with Gasteiger partial charge in [-0.2, -0.15) is 0 Å². The van der Waals surface area contributed by atoms with E-state index < -0.39 is 91.5 Å². The standard InChI is InChI=1S/C73H128O16P2/c1-4-7-10-13-16-19-22-25-27-28-29-30-31-32-33-34-35-36-37-38-40-43-44-47-50-53-56-59-71(76)83-62-68(74)63-85-90(79,80)86-64-69(75)65-87-91(81,82)88-67-70(89-73(78)61-58-55-52-49-46-41-24-21-18-15-12-9-6-3)66-84-72(77)60-57-54-51-48-45-42-39-26-23-20-17-14-11-8-5-2/h7,10,12,15-16,19,21,24-25,27,29-30,32-33,35-36,68-70,74-75H,4-6,8-9,11,13-14,17-18,20,22-23,26,28,31,34,37-67H2,1-3H3,(H,79,80)(H,81,82)/b10-7-,15-12-,19-16-,24-21-,27-25-,30-29-,33-32-,36-35-. The van der Waals surface area contributed by atoms with Crippen molar-refractivity contribution in [1.29, 1.82) is 0 Å². The number of hydrogen-bond donors (Lipinski definition) is 4. The van der Waals surface area contributed by atoms with Crippen molar-refractivity contribution in [2.75, 3.05) is 39.6 Å². The zero-order valence-corrected chi connectivity index (χ0v) is 58.8. The lowest BCUT2D eigenvalue weighted by atomic mass is 10.0. The quantitative estimate of drug-likeness (QED) is 0.0146. The van der Waals surface area contributed by atoms with E-state index in [-0.39, 0.29) is 19.3 Å². The molecule has 0 aliphatic rings. The maximum Gasteiger partial charge on any atom is 0.472 e. The fraction of sp³-hybridized carbons (Fsp3) is 0.740. The Kier molecular flexibility index (Phi) is 63.9. The van der Waals surface area contributed by atoms with Crippen molar-refractivity contribution in [2.45, 2.75) is 309 Å². The highest BCUT2D eigenvalue weighted by molar-refractivity contribution is 7.47. The molecule has 0 heterocycles. The fourth-order valence-electron chi connectivity index (χ4n) is 9.38. The molecule has 0 aromatic heterocycles. The van der Waals surface area contributed by atoms with Crippen molar-refractivity contribution >= 4 is 33.6 Å². The molecule has 16 nitrogen and oxygen atoms in total. The van der Waals surface area contributed by atoms with E-state index in [1.807, 2.05) is 0 Å². The number of phosphoric ester groups is 2. The van der Waals surface area contributed by atoms with Crippen LogP contribution in [-0.4, -0.2) is 95.9 Å². The number of rotatable bonds is 67. The molecule has 526 valence electrons. The van der Waals surface area contributed by atoms with Gasteiger partial charge in [0.2, 0.25) is 0 Å². The van der Waals surface area contributed by atoms with E-state index in [0.29, 0.717) is 19.3 Å². The van der Waals surface area contributed by atoms with E-state index in [1.165, 1.54) is 89.9 Å². The lowest BCUT2D eigenvalue weighted by Crippen LogP contribution is -2.30. The minimum absolute atomic E-state index is 0.0905. The molecular weight excluding hydrogens is 1190 g/mol. The fourth-order valence-corrected chi connectivity index (χ4v) is 11.0. The highest BCUT2D eigenvalue weighted by Gasteiger charge is 2.29. The number of carbonyl (C=O) groups is 3. The van der Waals surface area contributed by atoms with Crippen LogP contribution in [0, 0.1) is 0 Å². The summed E-state index contributed by atoms with van der Waals surface area (Å²) in [5.74, 6) is -1.59. The highest BCUT2D eigenvalue weighted by Crippen LogP contribution is 2.45. The van der Waals surface area contributed by atoms with Gasteiger partial charge in [-0.25, -0.2) is 9.13 Å². The van der Waals surface area contributed by atoms with Crippen LogP contribution in [0.1, 0.15) is 290 Å². The zero-order chi connectivity index (χ0) is 66.7. The molecule has 0 fully saturated rings. The molecule has 18 heteroatoms.